The normalized spacial score (nSPS) is 19.3. The standard InChI is InChI=1S/C13H18FN3O2/c1-2-16-13(18)12-8-19-6-5-17(12)11-7-9(14)3-4-10(11)15/h3-4,7,12H,2,5-6,8,15H2,1H3,(H,16,18). The minimum Gasteiger partial charge on any atom is -0.397 e. The van der Waals surface area contributed by atoms with Gasteiger partial charge in [-0.25, -0.2) is 4.39 Å². The molecule has 5 nitrogen and oxygen atoms in total. The number of carbonyl (C=O) groups excluding carboxylic acids is 1. The molecule has 6 heteroatoms. The van der Waals surface area contributed by atoms with E-state index in [1.165, 1.54) is 18.2 Å². The van der Waals surface area contributed by atoms with Crippen molar-refractivity contribution in [2.45, 2.75) is 13.0 Å². The third-order valence-corrected chi connectivity index (χ3v) is 3.08. The monoisotopic (exact) mass is 267 g/mol. The molecule has 1 aliphatic heterocycles. The number of ether oxygens (including phenoxy) is 1. The third-order valence-electron chi connectivity index (χ3n) is 3.08. The predicted molar refractivity (Wildman–Crippen MR) is 71.4 cm³/mol. The van der Waals surface area contributed by atoms with E-state index in [1.807, 2.05) is 6.92 Å². The number of halogens is 1. The maximum atomic E-state index is 13.4. The fourth-order valence-electron chi connectivity index (χ4n) is 2.17. The molecule has 2 rings (SSSR count). The molecule has 1 fully saturated rings. The van der Waals surface area contributed by atoms with E-state index in [9.17, 15) is 9.18 Å². The molecule has 0 spiro atoms. The molecule has 0 radical (unpaired) electrons. The van der Waals surface area contributed by atoms with Crippen LogP contribution in [0.2, 0.25) is 0 Å². The Kier molecular flexibility index (Phi) is 4.21. The number of benzene rings is 1. The second-order valence-electron chi connectivity index (χ2n) is 4.38. The summed E-state index contributed by atoms with van der Waals surface area (Å²) in [5.41, 5.74) is 6.87. The first-order chi connectivity index (χ1) is 9.13. The van der Waals surface area contributed by atoms with Crippen molar-refractivity contribution < 1.29 is 13.9 Å². The van der Waals surface area contributed by atoms with Gasteiger partial charge >= 0.3 is 0 Å². The summed E-state index contributed by atoms with van der Waals surface area (Å²) in [4.78, 5) is 13.8. The average Bonchev–Trinajstić information content (AvgIpc) is 2.42. The summed E-state index contributed by atoms with van der Waals surface area (Å²) in [6.45, 7) is 3.67. The maximum Gasteiger partial charge on any atom is 0.245 e. The summed E-state index contributed by atoms with van der Waals surface area (Å²) in [7, 11) is 0. The Hall–Kier alpha value is -1.82. The zero-order chi connectivity index (χ0) is 13.8. The topological polar surface area (TPSA) is 67.6 Å². The molecule has 1 saturated heterocycles. The number of rotatable bonds is 3. The first-order valence-electron chi connectivity index (χ1n) is 6.30. The summed E-state index contributed by atoms with van der Waals surface area (Å²) < 4.78 is 18.7. The molecule has 1 aromatic carbocycles. The van der Waals surface area contributed by atoms with E-state index in [-0.39, 0.29) is 18.3 Å². The molecular formula is C13H18FN3O2. The first kappa shape index (κ1) is 13.6. The van der Waals surface area contributed by atoms with E-state index in [0.29, 0.717) is 31.1 Å². The first-order valence-corrected chi connectivity index (χ1v) is 6.30. The van der Waals surface area contributed by atoms with Crippen molar-refractivity contribution in [3.05, 3.63) is 24.0 Å². The number of nitrogens with one attached hydrogen (secondary N) is 1. The van der Waals surface area contributed by atoms with Crippen molar-refractivity contribution in [1.29, 1.82) is 0 Å². The maximum absolute atomic E-state index is 13.4. The van der Waals surface area contributed by atoms with Crippen molar-refractivity contribution in [3.63, 3.8) is 0 Å². The van der Waals surface area contributed by atoms with E-state index >= 15 is 0 Å². The van der Waals surface area contributed by atoms with Gasteiger partial charge in [0.25, 0.3) is 0 Å². The molecule has 0 saturated carbocycles. The second kappa shape index (κ2) is 5.88. The molecule has 104 valence electrons. The number of morpholine rings is 1. The van der Waals surface area contributed by atoms with Crippen LogP contribution in [0.3, 0.4) is 0 Å². The van der Waals surface area contributed by atoms with Gasteiger partial charge in [0.05, 0.1) is 24.6 Å². The Morgan fingerprint density at radius 1 is 1.63 bits per heavy atom. The molecule has 1 unspecified atom stereocenters. The predicted octanol–water partition coefficient (Wildman–Crippen LogP) is 0.749. The molecule has 19 heavy (non-hydrogen) atoms. The molecule has 0 bridgehead atoms. The van der Waals surface area contributed by atoms with Crippen LogP contribution < -0.4 is 16.0 Å². The lowest BCUT2D eigenvalue weighted by atomic mass is 10.1. The summed E-state index contributed by atoms with van der Waals surface area (Å²) in [5, 5.41) is 2.75. The lowest BCUT2D eigenvalue weighted by molar-refractivity contribution is -0.124. The number of nitrogens with zero attached hydrogens (tertiary/aromatic N) is 1. The molecule has 1 atom stereocenters. The van der Waals surface area contributed by atoms with Crippen LogP contribution in [-0.4, -0.2) is 38.3 Å². The smallest absolute Gasteiger partial charge is 0.245 e. The number of amides is 1. The van der Waals surface area contributed by atoms with Crippen LogP contribution in [-0.2, 0) is 9.53 Å². The number of nitrogen functional groups attached to an aromatic ring is 1. The van der Waals surface area contributed by atoms with Gasteiger partial charge in [0.15, 0.2) is 0 Å². The van der Waals surface area contributed by atoms with Gasteiger partial charge in [-0.2, -0.15) is 0 Å². The van der Waals surface area contributed by atoms with Gasteiger partial charge in [0.1, 0.15) is 11.9 Å². The molecule has 0 aliphatic carbocycles. The van der Waals surface area contributed by atoms with Crippen LogP contribution in [0.15, 0.2) is 18.2 Å². The molecular weight excluding hydrogens is 249 g/mol. The van der Waals surface area contributed by atoms with Gasteiger partial charge in [0, 0.05) is 13.1 Å². The van der Waals surface area contributed by atoms with E-state index < -0.39 is 6.04 Å². The van der Waals surface area contributed by atoms with E-state index in [0.717, 1.165) is 0 Å². The Morgan fingerprint density at radius 2 is 2.42 bits per heavy atom. The number of hydrogen-bond acceptors (Lipinski definition) is 4. The highest BCUT2D eigenvalue weighted by atomic mass is 19.1. The lowest BCUT2D eigenvalue weighted by Gasteiger charge is -2.36. The van der Waals surface area contributed by atoms with Crippen LogP contribution in [0.5, 0.6) is 0 Å². The van der Waals surface area contributed by atoms with E-state index in [1.54, 1.807) is 4.90 Å². The summed E-state index contributed by atoms with van der Waals surface area (Å²) in [5.74, 6) is -0.504. The molecule has 1 aliphatic rings. The second-order valence-corrected chi connectivity index (χ2v) is 4.38. The van der Waals surface area contributed by atoms with Gasteiger partial charge in [-0.3, -0.25) is 4.79 Å². The highest BCUT2D eigenvalue weighted by Crippen LogP contribution is 2.27. The molecule has 0 aromatic heterocycles. The van der Waals surface area contributed by atoms with Gasteiger partial charge in [0.2, 0.25) is 5.91 Å². The van der Waals surface area contributed by atoms with Crippen LogP contribution in [0.1, 0.15) is 6.92 Å². The highest BCUT2D eigenvalue weighted by molar-refractivity contribution is 5.87. The zero-order valence-corrected chi connectivity index (χ0v) is 10.9. The number of nitrogens with two attached hydrogens (primary N) is 1. The molecule has 1 aromatic rings. The number of anilines is 2. The summed E-state index contributed by atoms with van der Waals surface area (Å²) in [6.07, 6.45) is 0. The number of hydrogen-bond donors (Lipinski definition) is 2. The van der Waals surface area contributed by atoms with E-state index in [4.69, 9.17) is 10.5 Å². The van der Waals surface area contributed by atoms with Crippen molar-refractivity contribution in [3.8, 4) is 0 Å². The van der Waals surface area contributed by atoms with Crippen molar-refractivity contribution in [2.24, 2.45) is 0 Å². The van der Waals surface area contributed by atoms with Gasteiger partial charge in [-0.1, -0.05) is 0 Å². The quantitative estimate of drug-likeness (QED) is 0.793. The van der Waals surface area contributed by atoms with Gasteiger partial charge < -0.3 is 20.7 Å². The fourth-order valence-corrected chi connectivity index (χ4v) is 2.17. The Bertz CT molecular complexity index is 467. The number of likely N-dealkylation sites (N-methyl/N-ethyl adjacent to an activating group) is 1. The third kappa shape index (κ3) is 2.96. The van der Waals surface area contributed by atoms with Crippen molar-refractivity contribution >= 4 is 17.3 Å². The van der Waals surface area contributed by atoms with Crippen molar-refractivity contribution in [1.82, 2.24) is 5.32 Å². The minimum absolute atomic E-state index is 0.133. The Balaban J connectivity index is 2.28. The summed E-state index contributed by atoms with van der Waals surface area (Å²) in [6, 6.07) is 3.69. The van der Waals surface area contributed by atoms with Crippen molar-refractivity contribution in [2.75, 3.05) is 36.9 Å². The van der Waals surface area contributed by atoms with Crippen LogP contribution in [0.25, 0.3) is 0 Å². The molecule has 1 heterocycles. The SMILES string of the molecule is CCNC(=O)C1COCCN1c1cc(F)ccc1N. The Morgan fingerprint density at radius 3 is 3.16 bits per heavy atom. The van der Waals surface area contributed by atoms with E-state index in [2.05, 4.69) is 5.32 Å². The fraction of sp³-hybridized carbons (Fsp3) is 0.462. The van der Waals surface area contributed by atoms with Crippen LogP contribution in [0.4, 0.5) is 15.8 Å². The Labute approximate surface area is 111 Å². The highest BCUT2D eigenvalue weighted by Gasteiger charge is 2.30. The average molecular weight is 267 g/mol. The largest absolute Gasteiger partial charge is 0.397 e. The number of carbonyl (C=O) groups is 1. The minimum atomic E-state index is -0.474. The van der Waals surface area contributed by atoms with Gasteiger partial charge in [-0.15, -0.1) is 0 Å². The van der Waals surface area contributed by atoms with Gasteiger partial charge in [-0.05, 0) is 25.1 Å². The molecule has 1 amide bonds. The zero-order valence-electron chi connectivity index (χ0n) is 10.9. The summed E-state index contributed by atoms with van der Waals surface area (Å²) >= 11 is 0. The van der Waals surface area contributed by atoms with Crippen LogP contribution in [0, 0.1) is 5.82 Å². The lowest BCUT2D eigenvalue weighted by Crippen LogP contribution is -2.54. The molecule has 3 N–H and O–H groups in total. The van der Waals surface area contributed by atoms with Crippen LogP contribution >= 0.6 is 0 Å².